The fourth-order valence-corrected chi connectivity index (χ4v) is 0.951. The van der Waals surface area contributed by atoms with Gasteiger partial charge in [-0.2, -0.15) is 0 Å². The molecule has 0 aliphatic carbocycles. The van der Waals surface area contributed by atoms with Gasteiger partial charge in [-0.25, -0.2) is 9.59 Å². The van der Waals surface area contributed by atoms with E-state index in [2.05, 4.69) is 13.2 Å². The van der Waals surface area contributed by atoms with E-state index in [0.717, 1.165) is 0 Å². The van der Waals surface area contributed by atoms with Crippen molar-refractivity contribution >= 4 is 11.9 Å². The van der Waals surface area contributed by atoms with Crippen LogP contribution in [-0.2, 0) is 19.1 Å². The van der Waals surface area contributed by atoms with Gasteiger partial charge in [-0.15, -0.1) is 0 Å². The average Bonchev–Trinajstić information content (AvgIpc) is 2.26. The summed E-state index contributed by atoms with van der Waals surface area (Å²) < 4.78 is 9.43. The highest BCUT2D eigenvalue weighted by atomic mass is 16.8. The maximum atomic E-state index is 11.5. The van der Waals surface area contributed by atoms with Gasteiger partial charge in [-0.05, 0) is 27.7 Å². The molecule has 19 heavy (non-hydrogen) atoms. The smallest absolute Gasteiger partial charge is 0.378 e. The minimum absolute atomic E-state index is 0.0163. The van der Waals surface area contributed by atoms with Crippen molar-refractivity contribution in [1.82, 2.24) is 0 Å². The number of rotatable bonds is 6. The summed E-state index contributed by atoms with van der Waals surface area (Å²) in [5.41, 5.74) is 0.0326. The second-order valence-electron chi connectivity index (χ2n) is 4.50. The van der Waals surface area contributed by atoms with E-state index in [0.29, 0.717) is 0 Å². The topological polar surface area (TPSA) is 93.1 Å². The Labute approximate surface area is 112 Å². The zero-order chi connectivity index (χ0) is 15.4. The van der Waals surface area contributed by atoms with Crippen LogP contribution in [0, 0.1) is 5.92 Å². The molecule has 108 valence electrons. The summed E-state index contributed by atoms with van der Waals surface area (Å²) in [6.45, 7) is 12.2. The van der Waals surface area contributed by atoms with Crippen molar-refractivity contribution in [1.29, 1.82) is 0 Å². The number of ether oxygens (including phenoxy) is 2. The first-order chi connectivity index (χ1) is 8.51. The fourth-order valence-electron chi connectivity index (χ4n) is 0.951. The summed E-state index contributed by atoms with van der Waals surface area (Å²) in [5.74, 6) is -5.52. The number of hydrogen-bond acceptors (Lipinski definition) is 6. The van der Waals surface area contributed by atoms with Crippen LogP contribution in [-0.4, -0.2) is 34.2 Å². The van der Waals surface area contributed by atoms with Gasteiger partial charge in [-0.1, -0.05) is 13.2 Å². The van der Waals surface area contributed by atoms with Crippen LogP contribution in [0.15, 0.2) is 24.3 Å². The molecule has 0 amide bonds. The standard InChI is InChI=1S/C13H20O6/c1-7(2)11(15)18-13(17,9(5)10(6)14)19-12(16)8(3)4/h9-10,14,17H,1,3H2,2,4-6H3. The van der Waals surface area contributed by atoms with Crippen molar-refractivity contribution in [2.24, 2.45) is 5.92 Å². The lowest BCUT2D eigenvalue weighted by Crippen LogP contribution is -2.49. The van der Waals surface area contributed by atoms with Gasteiger partial charge in [0, 0.05) is 11.1 Å². The van der Waals surface area contributed by atoms with Crippen molar-refractivity contribution in [2.45, 2.75) is 39.8 Å². The normalized spacial score (nSPS) is 14.2. The Kier molecular flexibility index (Phi) is 5.92. The van der Waals surface area contributed by atoms with E-state index in [1.807, 2.05) is 0 Å². The van der Waals surface area contributed by atoms with E-state index in [-0.39, 0.29) is 11.1 Å². The van der Waals surface area contributed by atoms with Gasteiger partial charge in [0.2, 0.25) is 0 Å². The molecule has 0 spiro atoms. The van der Waals surface area contributed by atoms with E-state index in [1.54, 1.807) is 0 Å². The SMILES string of the molecule is C=C(C)C(=O)OC(O)(OC(=O)C(=C)C)C(C)C(C)O. The lowest BCUT2D eigenvalue weighted by molar-refractivity contribution is -0.353. The molecule has 0 aromatic rings. The third-order valence-corrected chi connectivity index (χ3v) is 2.47. The second kappa shape index (κ2) is 6.49. The van der Waals surface area contributed by atoms with Gasteiger partial charge in [0.1, 0.15) is 0 Å². The van der Waals surface area contributed by atoms with E-state index in [9.17, 15) is 19.8 Å². The molecule has 0 saturated heterocycles. The highest BCUT2D eigenvalue weighted by molar-refractivity contribution is 5.88. The molecule has 0 fully saturated rings. The largest absolute Gasteiger partial charge is 0.394 e. The molecule has 2 unspecified atom stereocenters. The Morgan fingerprint density at radius 2 is 1.37 bits per heavy atom. The van der Waals surface area contributed by atoms with Gasteiger partial charge in [-0.3, -0.25) is 0 Å². The van der Waals surface area contributed by atoms with Crippen molar-refractivity contribution < 1.29 is 29.3 Å². The second-order valence-corrected chi connectivity index (χ2v) is 4.50. The predicted molar refractivity (Wildman–Crippen MR) is 67.6 cm³/mol. The van der Waals surface area contributed by atoms with Crippen molar-refractivity contribution in [2.75, 3.05) is 0 Å². The number of aliphatic hydroxyl groups excluding tert-OH is 1. The molecule has 0 heterocycles. The minimum atomic E-state index is -2.58. The Balaban J connectivity index is 5.23. The maximum absolute atomic E-state index is 11.5. The third-order valence-electron chi connectivity index (χ3n) is 2.47. The zero-order valence-electron chi connectivity index (χ0n) is 11.6. The number of esters is 2. The molecular weight excluding hydrogens is 252 g/mol. The molecule has 0 aliphatic rings. The maximum Gasteiger partial charge on any atom is 0.378 e. The first kappa shape index (κ1) is 17.3. The Bertz CT molecular complexity index is 368. The van der Waals surface area contributed by atoms with Gasteiger partial charge in [0.05, 0.1) is 12.0 Å². The van der Waals surface area contributed by atoms with E-state index in [1.165, 1.54) is 27.7 Å². The minimum Gasteiger partial charge on any atom is -0.394 e. The Morgan fingerprint density at radius 3 is 1.58 bits per heavy atom. The fraction of sp³-hybridized carbons (Fsp3) is 0.538. The summed E-state index contributed by atoms with van der Waals surface area (Å²) in [6, 6.07) is 0. The van der Waals surface area contributed by atoms with Crippen LogP contribution < -0.4 is 0 Å². The van der Waals surface area contributed by atoms with E-state index >= 15 is 0 Å². The molecule has 2 N–H and O–H groups in total. The third kappa shape index (κ3) is 4.84. The first-order valence-electron chi connectivity index (χ1n) is 5.69. The molecule has 0 aromatic carbocycles. The first-order valence-corrected chi connectivity index (χ1v) is 5.69. The number of carbonyl (C=O) groups excluding carboxylic acids is 2. The molecule has 0 aromatic heterocycles. The van der Waals surface area contributed by atoms with Gasteiger partial charge in [0.15, 0.2) is 0 Å². The van der Waals surface area contributed by atoms with Crippen LogP contribution in [0.5, 0.6) is 0 Å². The van der Waals surface area contributed by atoms with Crippen LogP contribution in [0.1, 0.15) is 27.7 Å². The highest BCUT2D eigenvalue weighted by Crippen LogP contribution is 2.26. The Hall–Kier alpha value is -1.66. The molecule has 0 saturated carbocycles. The van der Waals surface area contributed by atoms with Crippen LogP contribution in [0.2, 0.25) is 0 Å². The average molecular weight is 272 g/mol. The summed E-state index contributed by atoms with van der Waals surface area (Å²) in [5, 5.41) is 19.6. The monoisotopic (exact) mass is 272 g/mol. The quantitative estimate of drug-likeness (QED) is 0.424. The lowest BCUT2D eigenvalue weighted by Gasteiger charge is -2.33. The highest BCUT2D eigenvalue weighted by Gasteiger charge is 2.45. The Morgan fingerprint density at radius 1 is 1.05 bits per heavy atom. The van der Waals surface area contributed by atoms with Gasteiger partial charge < -0.3 is 19.7 Å². The molecule has 2 atom stereocenters. The van der Waals surface area contributed by atoms with Crippen molar-refractivity contribution in [3.63, 3.8) is 0 Å². The number of carbonyl (C=O) groups is 2. The number of hydrogen-bond donors (Lipinski definition) is 2. The van der Waals surface area contributed by atoms with Crippen LogP contribution in [0.3, 0.4) is 0 Å². The molecule has 0 radical (unpaired) electrons. The van der Waals surface area contributed by atoms with E-state index in [4.69, 9.17) is 9.47 Å². The predicted octanol–water partition coefficient (Wildman–Crippen LogP) is 0.888. The number of aliphatic hydroxyl groups is 2. The molecular formula is C13H20O6. The van der Waals surface area contributed by atoms with Crippen molar-refractivity contribution in [3.8, 4) is 0 Å². The van der Waals surface area contributed by atoms with Crippen LogP contribution >= 0.6 is 0 Å². The van der Waals surface area contributed by atoms with Crippen molar-refractivity contribution in [3.05, 3.63) is 24.3 Å². The zero-order valence-corrected chi connectivity index (χ0v) is 11.6. The molecule has 0 bridgehead atoms. The van der Waals surface area contributed by atoms with Gasteiger partial charge in [0.25, 0.3) is 0 Å². The summed E-state index contributed by atoms with van der Waals surface area (Å²) >= 11 is 0. The van der Waals surface area contributed by atoms with Crippen LogP contribution in [0.25, 0.3) is 0 Å². The molecule has 0 rings (SSSR count). The van der Waals surface area contributed by atoms with E-state index < -0.39 is 29.9 Å². The summed E-state index contributed by atoms with van der Waals surface area (Å²) in [6.07, 6.45) is -1.08. The molecule has 6 nitrogen and oxygen atoms in total. The van der Waals surface area contributed by atoms with Crippen LogP contribution in [0.4, 0.5) is 0 Å². The lowest BCUT2D eigenvalue weighted by atomic mass is 10.0. The van der Waals surface area contributed by atoms with Gasteiger partial charge >= 0.3 is 17.9 Å². The summed E-state index contributed by atoms with van der Waals surface area (Å²) in [7, 11) is 0. The summed E-state index contributed by atoms with van der Waals surface area (Å²) in [4.78, 5) is 22.9. The molecule has 6 heteroatoms. The molecule has 0 aliphatic heterocycles.